The maximum Gasteiger partial charge on any atom is 0.410 e. The van der Waals surface area contributed by atoms with Crippen LogP contribution in [0.15, 0.2) is 37.2 Å². The first-order valence-electron chi connectivity index (χ1n) is 17.3. The molecule has 3 aliphatic rings. The normalized spacial score (nSPS) is 18.7. The third-order valence-electron chi connectivity index (χ3n) is 8.80. The molecule has 6 rings (SSSR count). The second-order valence-electron chi connectivity index (χ2n) is 13.9. The van der Waals surface area contributed by atoms with Gasteiger partial charge in [-0.3, -0.25) is 14.0 Å². The van der Waals surface area contributed by atoms with Gasteiger partial charge in [0.2, 0.25) is 0 Å². The van der Waals surface area contributed by atoms with Crippen LogP contribution in [0.5, 0.6) is 0 Å². The number of halogens is 2. The maximum atomic E-state index is 11.9. The Balaban J connectivity index is 0.000000163. The molecule has 3 aromatic rings. The number of unbranched alkanes of at least 4 members (excludes halogenated alkanes) is 1. The van der Waals surface area contributed by atoms with Crippen LogP contribution < -0.4 is 5.32 Å². The molecule has 3 aromatic heterocycles. The molecule has 47 heavy (non-hydrogen) atoms. The van der Waals surface area contributed by atoms with Crippen molar-refractivity contribution in [2.24, 2.45) is 0 Å². The van der Waals surface area contributed by atoms with Gasteiger partial charge in [-0.1, -0.05) is 13.3 Å². The van der Waals surface area contributed by atoms with E-state index < -0.39 is 5.60 Å². The summed E-state index contributed by atoms with van der Waals surface area (Å²) in [6.45, 7) is 17.5. The molecule has 3 aliphatic heterocycles. The van der Waals surface area contributed by atoms with E-state index in [2.05, 4.69) is 106 Å². The van der Waals surface area contributed by atoms with E-state index in [-0.39, 0.29) is 6.09 Å². The van der Waals surface area contributed by atoms with E-state index in [0.29, 0.717) is 18.1 Å². The first-order chi connectivity index (χ1) is 22.5. The standard InChI is InChI=1S/C13H20IN3O2.C13H23N3.C8H12IN3/c1-13(2,3)19-12(18)16-6-4-11(5-7-16)17-9-10(14)8-15-17;1-3-4-7-15-8-5-13(6-9-15)16-11-12(2)10-14-16;9-7-5-11-12(6-7)8-1-3-10-4-2-8/h8-9,11H,4-7H2,1-3H3;10-11,13H,3-9H2,1-2H3;5-6,8,10H,1-4H2. The van der Waals surface area contributed by atoms with Crippen LogP contribution >= 0.6 is 45.2 Å². The summed E-state index contributed by atoms with van der Waals surface area (Å²) in [5.74, 6) is 0. The molecule has 6 heterocycles. The number of carbonyl (C=O) groups excluding carboxylic acids is 1. The van der Waals surface area contributed by atoms with Crippen molar-refractivity contribution in [2.45, 2.75) is 110 Å². The van der Waals surface area contributed by atoms with Gasteiger partial charge in [-0.15, -0.1) is 0 Å². The van der Waals surface area contributed by atoms with Crippen LogP contribution in [0.25, 0.3) is 0 Å². The molecule has 0 aliphatic carbocycles. The molecule has 1 N–H and O–H groups in total. The van der Waals surface area contributed by atoms with E-state index >= 15 is 0 Å². The van der Waals surface area contributed by atoms with E-state index in [4.69, 9.17) is 4.74 Å². The van der Waals surface area contributed by atoms with E-state index in [9.17, 15) is 4.79 Å². The van der Waals surface area contributed by atoms with Crippen molar-refractivity contribution in [3.05, 3.63) is 49.9 Å². The summed E-state index contributed by atoms with van der Waals surface area (Å²) in [6.07, 6.45) is 21.3. The first kappa shape index (κ1) is 38.1. The molecular formula is C34H55I2N9O2. The number of carbonyl (C=O) groups is 1. The number of piperidine rings is 3. The Morgan fingerprint density at radius 3 is 1.74 bits per heavy atom. The summed E-state index contributed by atoms with van der Waals surface area (Å²) >= 11 is 4.56. The van der Waals surface area contributed by atoms with Gasteiger partial charge in [-0.25, -0.2) is 4.79 Å². The molecule has 0 saturated carbocycles. The smallest absolute Gasteiger partial charge is 0.410 e. The molecule has 3 fully saturated rings. The zero-order valence-corrected chi connectivity index (χ0v) is 33.3. The predicted molar refractivity (Wildman–Crippen MR) is 204 cm³/mol. The van der Waals surface area contributed by atoms with E-state index in [1.807, 2.05) is 50.2 Å². The van der Waals surface area contributed by atoms with Crippen LogP contribution in [-0.4, -0.2) is 96.6 Å². The van der Waals surface area contributed by atoms with E-state index in [1.165, 1.54) is 67.3 Å². The fourth-order valence-electron chi connectivity index (χ4n) is 6.16. The average molecular weight is 876 g/mol. The van der Waals surface area contributed by atoms with Gasteiger partial charge >= 0.3 is 6.09 Å². The maximum absolute atomic E-state index is 11.9. The number of hydrogen-bond acceptors (Lipinski definition) is 7. The van der Waals surface area contributed by atoms with Crippen LogP contribution in [0.1, 0.15) is 103 Å². The van der Waals surface area contributed by atoms with Gasteiger partial charge in [-0.2, -0.15) is 15.3 Å². The highest BCUT2D eigenvalue weighted by molar-refractivity contribution is 14.1. The lowest BCUT2D eigenvalue weighted by Crippen LogP contribution is -2.42. The summed E-state index contributed by atoms with van der Waals surface area (Å²) in [7, 11) is 0. The molecule has 262 valence electrons. The molecule has 1 amide bonds. The second-order valence-corrected chi connectivity index (χ2v) is 16.4. The van der Waals surface area contributed by atoms with Gasteiger partial charge in [0.15, 0.2) is 0 Å². The molecule has 0 aromatic carbocycles. The quantitative estimate of drug-likeness (QED) is 0.264. The Morgan fingerprint density at radius 2 is 1.30 bits per heavy atom. The molecule has 13 heteroatoms. The molecule has 0 atom stereocenters. The zero-order chi connectivity index (χ0) is 33.8. The van der Waals surface area contributed by atoms with Crippen molar-refractivity contribution in [3.63, 3.8) is 0 Å². The Bertz CT molecular complexity index is 1330. The molecule has 0 bridgehead atoms. The Morgan fingerprint density at radius 1 is 0.809 bits per heavy atom. The fraction of sp³-hybridized carbons (Fsp3) is 0.706. The first-order valence-corrected chi connectivity index (χ1v) is 19.5. The molecule has 0 radical (unpaired) electrons. The molecule has 0 unspecified atom stereocenters. The summed E-state index contributed by atoms with van der Waals surface area (Å²) < 4.78 is 14.0. The van der Waals surface area contributed by atoms with Gasteiger partial charge in [0, 0.05) is 44.8 Å². The van der Waals surface area contributed by atoms with Crippen LogP contribution in [0.3, 0.4) is 0 Å². The van der Waals surface area contributed by atoms with Crippen molar-refractivity contribution in [1.29, 1.82) is 0 Å². The Hall–Kier alpha value is -1.72. The highest BCUT2D eigenvalue weighted by Gasteiger charge is 2.28. The summed E-state index contributed by atoms with van der Waals surface area (Å²) in [4.78, 5) is 16.3. The fourth-order valence-corrected chi connectivity index (χ4v) is 6.98. The van der Waals surface area contributed by atoms with Gasteiger partial charge < -0.3 is 19.9 Å². The van der Waals surface area contributed by atoms with Gasteiger partial charge in [0.05, 0.1) is 43.9 Å². The molecule has 11 nitrogen and oxygen atoms in total. The predicted octanol–water partition coefficient (Wildman–Crippen LogP) is 7.10. The van der Waals surface area contributed by atoms with Crippen molar-refractivity contribution in [3.8, 4) is 0 Å². The minimum atomic E-state index is -0.425. The van der Waals surface area contributed by atoms with Crippen molar-refractivity contribution in [1.82, 2.24) is 44.5 Å². The van der Waals surface area contributed by atoms with Gasteiger partial charge in [-0.05, 0) is 143 Å². The van der Waals surface area contributed by atoms with Crippen LogP contribution in [-0.2, 0) is 4.74 Å². The number of rotatable bonds is 6. The number of aryl methyl sites for hydroxylation is 1. The van der Waals surface area contributed by atoms with Crippen LogP contribution in [0, 0.1) is 14.1 Å². The largest absolute Gasteiger partial charge is 0.444 e. The highest BCUT2D eigenvalue weighted by Crippen LogP contribution is 2.24. The number of amides is 1. The lowest BCUT2D eigenvalue weighted by atomic mass is 10.1. The minimum absolute atomic E-state index is 0.207. The third-order valence-corrected chi connectivity index (χ3v) is 9.92. The van der Waals surface area contributed by atoms with Gasteiger partial charge in [0.25, 0.3) is 0 Å². The summed E-state index contributed by atoms with van der Waals surface area (Å²) in [5.41, 5.74) is 0.847. The lowest BCUT2D eigenvalue weighted by molar-refractivity contribution is 0.0184. The molecule has 0 spiro atoms. The SMILES string of the molecule is CC(C)(C)OC(=O)N1CCC(n2cc(I)cn2)CC1.CCCCN1CCC(n2cc(C)cn2)CC1.Ic1cnn(C2CCNCC2)c1. The van der Waals surface area contributed by atoms with Crippen molar-refractivity contribution >= 4 is 51.3 Å². The minimum Gasteiger partial charge on any atom is -0.444 e. The van der Waals surface area contributed by atoms with E-state index in [0.717, 1.165) is 42.6 Å². The monoisotopic (exact) mass is 875 g/mol. The van der Waals surface area contributed by atoms with Crippen molar-refractivity contribution < 1.29 is 9.53 Å². The van der Waals surface area contributed by atoms with Crippen LogP contribution in [0.4, 0.5) is 4.79 Å². The lowest BCUT2D eigenvalue weighted by Gasteiger charge is -2.33. The van der Waals surface area contributed by atoms with Gasteiger partial charge in [0.1, 0.15) is 5.60 Å². The highest BCUT2D eigenvalue weighted by atomic mass is 127. The number of aromatic nitrogens is 6. The topological polar surface area (TPSA) is 98.3 Å². The number of nitrogens with zero attached hydrogens (tertiary/aromatic N) is 8. The molecular weight excluding hydrogens is 820 g/mol. The Kier molecular flexibility index (Phi) is 15.3. The second kappa shape index (κ2) is 18.9. The van der Waals surface area contributed by atoms with Crippen molar-refractivity contribution in [2.75, 3.05) is 45.8 Å². The molecule has 3 saturated heterocycles. The average Bonchev–Trinajstić information content (AvgIpc) is 3.82. The summed E-state index contributed by atoms with van der Waals surface area (Å²) in [5, 5.41) is 16.4. The number of nitrogens with one attached hydrogen (secondary N) is 1. The zero-order valence-electron chi connectivity index (χ0n) is 29.0. The summed E-state index contributed by atoms with van der Waals surface area (Å²) in [6, 6.07) is 1.64. The Labute approximate surface area is 308 Å². The third kappa shape index (κ3) is 12.9. The number of ether oxygens (including phenoxy) is 1. The van der Waals surface area contributed by atoms with Crippen LogP contribution in [0.2, 0.25) is 0 Å². The van der Waals surface area contributed by atoms with E-state index in [1.54, 1.807) is 4.90 Å². The number of hydrogen-bond donors (Lipinski definition) is 1. The number of likely N-dealkylation sites (tertiary alicyclic amines) is 2.